The Bertz CT molecular complexity index is 800. The van der Waals surface area contributed by atoms with Gasteiger partial charge in [0, 0.05) is 17.1 Å². The Morgan fingerprint density at radius 2 is 2.05 bits per heavy atom. The van der Waals surface area contributed by atoms with Gasteiger partial charge < -0.3 is 10.3 Å². The molecule has 0 aliphatic heterocycles. The second-order valence-corrected chi connectivity index (χ2v) is 4.43. The summed E-state index contributed by atoms with van der Waals surface area (Å²) in [7, 11) is 0. The molecular weight excluding hydrogens is 256 g/mol. The maximum absolute atomic E-state index is 12.1. The third-order valence-electron chi connectivity index (χ3n) is 3.04. The number of carbonyl (C=O) groups is 2. The van der Waals surface area contributed by atoms with Crippen molar-refractivity contribution in [3.63, 3.8) is 0 Å². The van der Waals surface area contributed by atoms with Crippen molar-refractivity contribution in [1.82, 2.24) is 15.2 Å². The predicted octanol–water partition coefficient (Wildman–Crippen LogP) is 2.35. The highest BCUT2D eigenvalue weighted by Gasteiger charge is 2.13. The molecule has 3 aromatic rings. The van der Waals surface area contributed by atoms with Crippen LogP contribution in [0.1, 0.15) is 27.8 Å². The average Bonchev–Trinajstić information content (AvgIpc) is 3.06. The summed E-state index contributed by atoms with van der Waals surface area (Å²) in [5.41, 5.74) is 1.64. The summed E-state index contributed by atoms with van der Waals surface area (Å²) in [6.45, 7) is 1.45. The summed E-state index contributed by atoms with van der Waals surface area (Å²) in [5.74, 6) is 0.0323. The lowest BCUT2D eigenvalue weighted by molar-refractivity contribution is 0.101. The molecule has 1 amide bonds. The highest BCUT2D eigenvalue weighted by Crippen LogP contribution is 2.20. The Morgan fingerprint density at radius 3 is 2.80 bits per heavy atom. The molecule has 6 heteroatoms. The molecule has 0 aliphatic rings. The van der Waals surface area contributed by atoms with E-state index in [1.165, 1.54) is 19.2 Å². The molecule has 6 nitrogen and oxygen atoms in total. The zero-order valence-electron chi connectivity index (χ0n) is 10.7. The van der Waals surface area contributed by atoms with Crippen molar-refractivity contribution in [2.24, 2.45) is 0 Å². The lowest BCUT2D eigenvalue weighted by atomic mass is 10.2. The number of para-hydroxylation sites is 1. The van der Waals surface area contributed by atoms with E-state index in [1.54, 1.807) is 0 Å². The Morgan fingerprint density at radius 1 is 1.25 bits per heavy atom. The standard InChI is InChI=1S/C14H12N4O2/c1-8(19)9-6-12(15-7-9)14(20)16-13-10-4-2-3-5-11(10)17-18-13/h2-7,15H,1H3,(H2,16,17,18,20). The van der Waals surface area contributed by atoms with E-state index in [4.69, 9.17) is 0 Å². The molecule has 3 rings (SSSR count). The summed E-state index contributed by atoms with van der Waals surface area (Å²) >= 11 is 0. The number of amides is 1. The summed E-state index contributed by atoms with van der Waals surface area (Å²) in [6, 6.07) is 9.02. The summed E-state index contributed by atoms with van der Waals surface area (Å²) in [5, 5.41) is 10.4. The van der Waals surface area contributed by atoms with Gasteiger partial charge in [0.15, 0.2) is 11.6 Å². The van der Waals surface area contributed by atoms with Gasteiger partial charge in [-0.15, -0.1) is 0 Å². The molecule has 2 heterocycles. The lowest BCUT2D eigenvalue weighted by Crippen LogP contribution is -2.12. The molecule has 1 aromatic carbocycles. The Kier molecular flexibility index (Phi) is 2.83. The molecule has 3 N–H and O–H groups in total. The first-order chi connectivity index (χ1) is 9.65. The molecule has 0 aliphatic carbocycles. The molecule has 0 spiro atoms. The minimum absolute atomic E-state index is 0.0921. The zero-order chi connectivity index (χ0) is 14.1. The topological polar surface area (TPSA) is 90.6 Å². The van der Waals surface area contributed by atoms with E-state index in [0.29, 0.717) is 17.1 Å². The quantitative estimate of drug-likeness (QED) is 0.637. The van der Waals surface area contributed by atoms with Gasteiger partial charge in [-0.25, -0.2) is 0 Å². The van der Waals surface area contributed by atoms with Crippen LogP contribution in [-0.2, 0) is 0 Å². The van der Waals surface area contributed by atoms with Crippen LogP contribution in [0.3, 0.4) is 0 Å². The highest BCUT2D eigenvalue weighted by atomic mass is 16.2. The molecular formula is C14H12N4O2. The number of benzene rings is 1. The normalized spacial score (nSPS) is 10.7. The molecule has 0 saturated carbocycles. The molecule has 0 unspecified atom stereocenters. The monoisotopic (exact) mass is 268 g/mol. The molecule has 0 bridgehead atoms. The van der Waals surface area contributed by atoms with Crippen LogP contribution in [0.5, 0.6) is 0 Å². The molecule has 0 atom stereocenters. The van der Waals surface area contributed by atoms with Crippen LogP contribution in [-0.4, -0.2) is 26.9 Å². The molecule has 2 aromatic heterocycles. The van der Waals surface area contributed by atoms with Crippen LogP contribution < -0.4 is 5.32 Å². The van der Waals surface area contributed by atoms with Crippen molar-refractivity contribution in [3.05, 3.63) is 47.8 Å². The van der Waals surface area contributed by atoms with Gasteiger partial charge in [-0.3, -0.25) is 14.7 Å². The number of carbonyl (C=O) groups excluding carboxylic acids is 2. The van der Waals surface area contributed by atoms with E-state index >= 15 is 0 Å². The summed E-state index contributed by atoms with van der Waals surface area (Å²) < 4.78 is 0. The zero-order valence-corrected chi connectivity index (χ0v) is 10.7. The number of nitrogens with zero attached hydrogens (tertiary/aromatic N) is 1. The molecule has 0 radical (unpaired) electrons. The van der Waals surface area contributed by atoms with Crippen molar-refractivity contribution >= 4 is 28.4 Å². The van der Waals surface area contributed by atoms with Gasteiger partial charge in [0.05, 0.1) is 5.52 Å². The smallest absolute Gasteiger partial charge is 0.273 e. The van der Waals surface area contributed by atoms with Gasteiger partial charge in [-0.1, -0.05) is 12.1 Å². The maximum Gasteiger partial charge on any atom is 0.273 e. The van der Waals surface area contributed by atoms with E-state index in [-0.39, 0.29) is 11.7 Å². The second-order valence-electron chi connectivity index (χ2n) is 4.43. The number of fused-ring (bicyclic) bond motifs is 1. The van der Waals surface area contributed by atoms with Crippen LogP contribution in [0.4, 0.5) is 5.82 Å². The SMILES string of the molecule is CC(=O)c1c[nH]c(C(=O)Nc2n[nH]c3ccccc23)c1. The number of Topliss-reactive ketones (excluding diaryl/α,β-unsaturated/α-hetero) is 1. The van der Waals surface area contributed by atoms with Gasteiger partial charge in [0.25, 0.3) is 5.91 Å². The number of ketones is 1. The maximum atomic E-state index is 12.1. The van der Waals surface area contributed by atoms with E-state index in [2.05, 4.69) is 20.5 Å². The first-order valence-corrected chi connectivity index (χ1v) is 6.09. The number of nitrogens with one attached hydrogen (secondary N) is 3. The van der Waals surface area contributed by atoms with Crippen LogP contribution in [0, 0.1) is 0 Å². The van der Waals surface area contributed by atoms with E-state index in [0.717, 1.165) is 10.9 Å². The van der Waals surface area contributed by atoms with Crippen molar-refractivity contribution in [3.8, 4) is 0 Å². The predicted molar refractivity (Wildman–Crippen MR) is 74.8 cm³/mol. The van der Waals surface area contributed by atoms with E-state index in [1.807, 2.05) is 24.3 Å². The number of aromatic amines is 2. The van der Waals surface area contributed by atoms with Crippen LogP contribution >= 0.6 is 0 Å². The van der Waals surface area contributed by atoms with Crippen molar-refractivity contribution in [1.29, 1.82) is 0 Å². The van der Waals surface area contributed by atoms with Gasteiger partial charge >= 0.3 is 0 Å². The summed E-state index contributed by atoms with van der Waals surface area (Å²) in [6.07, 6.45) is 1.51. The van der Waals surface area contributed by atoms with Crippen LogP contribution in [0.15, 0.2) is 36.5 Å². The summed E-state index contributed by atoms with van der Waals surface area (Å²) in [4.78, 5) is 26.1. The van der Waals surface area contributed by atoms with E-state index < -0.39 is 0 Å². The van der Waals surface area contributed by atoms with Crippen molar-refractivity contribution in [2.75, 3.05) is 5.32 Å². The van der Waals surface area contributed by atoms with E-state index in [9.17, 15) is 9.59 Å². The largest absolute Gasteiger partial charge is 0.356 e. The van der Waals surface area contributed by atoms with Gasteiger partial charge in [0.2, 0.25) is 0 Å². The molecule has 0 fully saturated rings. The number of H-pyrrole nitrogens is 2. The number of hydrogen-bond acceptors (Lipinski definition) is 3. The van der Waals surface area contributed by atoms with Crippen molar-refractivity contribution in [2.45, 2.75) is 6.92 Å². The van der Waals surface area contributed by atoms with Gasteiger partial charge in [0.1, 0.15) is 5.69 Å². The Hall–Kier alpha value is -2.89. The van der Waals surface area contributed by atoms with Gasteiger partial charge in [-0.2, -0.15) is 5.10 Å². The third kappa shape index (κ3) is 2.07. The average molecular weight is 268 g/mol. The molecule has 20 heavy (non-hydrogen) atoms. The van der Waals surface area contributed by atoms with Gasteiger partial charge in [-0.05, 0) is 25.1 Å². The minimum Gasteiger partial charge on any atom is -0.356 e. The first-order valence-electron chi connectivity index (χ1n) is 6.09. The fourth-order valence-electron chi connectivity index (χ4n) is 1.96. The minimum atomic E-state index is -0.338. The third-order valence-corrected chi connectivity index (χ3v) is 3.04. The number of rotatable bonds is 3. The number of aromatic nitrogens is 3. The lowest BCUT2D eigenvalue weighted by Gasteiger charge is -1.99. The molecule has 100 valence electrons. The fraction of sp³-hybridized carbons (Fsp3) is 0.0714. The van der Waals surface area contributed by atoms with Crippen molar-refractivity contribution < 1.29 is 9.59 Å². The number of anilines is 1. The Balaban J connectivity index is 1.86. The second kappa shape index (κ2) is 4.65. The Labute approximate surface area is 114 Å². The van der Waals surface area contributed by atoms with Crippen LogP contribution in [0.2, 0.25) is 0 Å². The first kappa shape index (κ1) is 12.2. The molecule has 0 saturated heterocycles. The number of hydrogen-bond donors (Lipinski definition) is 3. The fourth-order valence-corrected chi connectivity index (χ4v) is 1.96. The highest BCUT2D eigenvalue weighted by molar-refractivity contribution is 6.08. The van der Waals surface area contributed by atoms with Crippen LogP contribution in [0.25, 0.3) is 10.9 Å².